The van der Waals surface area contributed by atoms with Gasteiger partial charge in [-0.2, -0.15) is 52.7 Å². The van der Waals surface area contributed by atoms with Crippen molar-refractivity contribution in [2.24, 2.45) is 0 Å². The largest absolute Gasteiger partial charge is 0.462 e. The van der Waals surface area contributed by atoms with Gasteiger partial charge >= 0.3 is 41.5 Å². The molecule has 0 saturated carbocycles. The van der Waals surface area contributed by atoms with E-state index < -0.39 is 86.8 Å². The van der Waals surface area contributed by atoms with Crippen LogP contribution in [-0.2, 0) is 9.53 Å². The van der Waals surface area contributed by atoms with E-state index >= 15 is 0 Å². The zero-order valence-electron chi connectivity index (χ0n) is 18.6. The third-order valence-electron chi connectivity index (χ3n) is 5.04. The van der Waals surface area contributed by atoms with Crippen molar-refractivity contribution in [3.8, 4) is 0 Å². The van der Waals surface area contributed by atoms with Crippen LogP contribution < -0.4 is 0 Å². The topological polar surface area (TPSA) is 46.5 Å². The van der Waals surface area contributed by atoms with Gasteiger partial charge in [-0.25, -0.2) is 4.79 Å². The van der Waals surface area contributed by atoms with Crippen LogP contribution >= 0.6 is 0 Å². The second-order valence-corrected chi connectivity index (χ2v) is 7.87. The van der Waals surface area contributed by atoms with E-state index in [1.54, 1.807) is 0 Å². The SMILES string of the molecule is C=C(CO)C(=O)OCCCCCC(F)(F)C(F)(F)C(F)(F)C(F)(F)C(F)(F)C(F)(F)CCCCC. The number of rotatable bonds is 17. The Hall–Kier alpha value is -1.67. The minimum absolute atomic E-state index is 0.138. The van der Waals surface area contributed by atoms with Gasteiger partial charge in [-0.1, -0.05) is 26.3 Å². The molecule has 0 aliphatic rings. The van der Waals surface area contributed by atoms with E-state index in [2.05, 4.69) is 11.3 Å². The van der Waals surface area contributed by atoms with E-state index in [-0.39, 0.29) is 24.8 Å². The monoisotopic (exact) mass is 542 g/mol. The molecule has 0 amide bonds. The van der Waals surface area contributed by atoms with Crippen molar-refractivity contribution in [1.29, 1.82) is 0 Å². The average Bonchev–Trinajstić information content (AvgIpc) is 2.74. The molecule has 208 valence electrons. The number of aliphatic hydroxyl groups excluding tert-OH is 1. The highest BCUT2D eigenvalue weighted by Gasteiger charge is 2.89. The lowest BCUT2D eigenvalue weighted by atomic mass is 9.88. The number of esters is 1. The number of alkyl halides is 12. The Kier molecular flexibility index (Phi) is 11.5. The van der Waals surface area contributed by atoms with E-state index in [0.29, 0.717) is 0 Å². The third kappa shape index (κ3) is 6.97. The van der Waals surface area contributed by atoms with Gasteiger partial charge in [0.15, 0.2) is 0 Å². The Morgan fingerprint density at radius 3 is 1.46 bits per heavy atom. The minimum Gasteiger partial charge on any atom is -0.462 e. The van der Waals surface area contributed by atoms with Crippen molar-refractivity contribution in [2.75, 3.05) is 13.2 Å². The first kappa shape index (κ1) is 33.3. The first-order chi connectivity index (χ1) is 15.7. The fourth-order valence-corrected chi connectivity index (χ4v) is 2.72. The minimum atomic E-state index is -7.55. The van der Waals surface area contributed by atoms with Crippen LogP contribution in [0.2, 0.25) is 0 Å². The molecule has 0 saturated heterocycles. The summed E-state index contributed by atoms with van der Waals surface area (Å²) in [5.74, 6) is -42.2. The van der Waals surface area contributed by atoms with E-state index in [0.717, 1.165) is 0 Å². The maximum absolute atomic E-state index is 13.8. The molecular formula is C20H26F12O3. The van der Waals surface area contributed by atoms with Gasteiger partial charge in [0, 0.05) is 12.8 Å². The maximum atomic E-state index is 13.8. The predicted molar refractivity (Wildman–Crippen MR) is 99.5 cm³/mol. The summed E-state index contributed by atoms with van der Waals surface area (Å²) in [4.78, 5) is 11.2. The summed E-state index contributed by atoms with van der Waals surface area (Å²) in [6.45, 7) is 3.25. The number of carbonyl (C=O) groups excluding carboxylic acids is 1. The van der Waals surface area contributed by atoms with Gasteiger partial charge in [0.1, 0.15) is 0 Å². The number of hydrogen-bond acceptors (Lipinski definition) is 3. The van der Waals surface area contributed by atoms with Crippen LogP contribution in [-0.4, -0.2) is 59.8 Å². The summed E-state index contributed by atoms with van der Waals surface area (Å²) in [7, 11) is 0. The fourth-order valence-electron chi connectivity index (χ4n) is 2.72. The summed E-state index contributed by atoms with van der Waals surface area (Å²) >= 11 is 0. The van der Waals surface area contributed by atoms with Crippen LogP contribution in [0, 0.1) is 0 Å². The number of hydrogen-bond donors (Lipinski definition) is 1. The molecule has 15 heteroatoms. The smallest absolute Gasteiger partial charge is 0.384 e. The molecule has 0 atom stereocenters. The van der Waals surface area contributed by atoms with Gasteiger partial charge in [0.2, 0.25) is 0 Å². The summed E-state index contributed by atoms with van der Waals surface area (Å²) in [5, 5.41) is 8.62. The zero-order valence-corrected chi connectivity index (χ0v) is 18.6. The van der Waals surface area contributed by atoms with Crippen molar-refractivity contribution in [3.05, 3.63) is 12.2 Å². The summed E-state index contributed by atoms with van der Waals surface area (Å²) < 4.78 is 170. The lowest BCUT2D eigenvalue weighted by molar-refractivity contribution is -0.425. The van der Waals surface area contributed by atoms with Gasteiger partial charge in [0.25, 0.3) is 0 Å². The predicted octanol–water partition coefficient (Wildman–Crippen LogP) is 7.03. The van der Waals surface area contributed by atoms with Gasteiger partial charge in [-0.3, -0.25) is 0 Å². The van der Waals surface area contributed by atoms with Crippen molar-refractivity contribution in [1.82, 2.24) is 0 Å². The quantitative estimate of drug-likeness (QED) is 0.0930. The average molecular weight is 542 g/mol. The summed E-state index contributed by atoms with van der Waals surface area (Å²) in [6.07, 6.45) is -6.96. The van der Waals surface area contributed by atoms with Crippen molar-refractivity contribution >= 4 is 5.97 Å². The number of carbonyl (C=O) groups is 1. The number of unbranched alkanes of at least 4 members (excludes halogenated alkanes) is 4. The molecule has 0 heterocycles. The Balaban J connectivity index is 5.41. The van der Waals surface area contributed by atoms with Crippen LogP contribution in [0.4, 0.5) is 52.7 Å². The molecule has 0 fully saturated rings. The first-order valence-electron chi connectivity index (χ1n) is 10.4. The molecule has 0 aromatic rings. The number of halogens is 12. The van der Waals surface area contributed by atoms with Crippen molar-refractivity contribution in [3.63, 3.8) is 0 Å². The Morgan fingerprint density at radius 1 is 0.686 bits per heavy atom. The van der Waals surface area contributed by atoms with E-state index in [1.165, 1.54) is 6.92 Å². The van der Waals surface area contributed by atoms with Crippen molar-refractivity contribution < 1.29 is 67.3 Å². The second kappa shape index (κ2) is 12.0. The second-order valence-electron chi connectivity index (χ2n) is 7.87. The highest BCUT2D eigenvalue weighted by molar-refractivity contribution is 5.87. The number of aliphatic hydroxyl groups is 1. The van der Waals surface area contributed by atoms with Gasteiger partial charge in [-0.05, 0) is 25.7 Å². The molecule has 0 rings (SSSR count). The molecular weight excluding hydrogens is 516 g/mol. The summed E-state index contributed by atoms with van der Waals surface area (Å²) in [6, 6.07) is 0. The molecule has 0 bridgehead atoms. The third-order valence-corrected chi connectivity index (χ3v) is 5.04. The highest BCUT2D eigenvalue weighted by Crippen LogP contribution is 2.61. The molecule has 35 heavy (non-hydrogen) atoms. The van der Waals surface area contributed by atoms with Crippen LogP contribution in [0.1, 0.15) is 58.3 Å². The van der Waals surface area contributed by atoms with Crippen LogP contribution in [0.15, 0.2) is 12.2 Å². The lowest BCUT2D eigenvalue weighted by Crippen LogP contribution is -2.70. The van der Waals surface area contributed by atoms with E-state index in [4.69, 9.17) is 5.11 Å². The molecule has 0 aromatic heterocycles. The normalized spacial score (nSPS) is 14.2. The van der Waals surface area contributed by atoms with Crippen LogP contribution in [0.25, 0.3) is 0 Å². The van der Waals surface area contributed by atoms with Gasteiger partial charge < -0.3 is 9.84 Å². The van der Waals surface area contributed by atoms with Gasteiger partial charge in [-0.15, -0.1) is 0 Å². The Bertz CT molecular complexity index is 707. The highest BCUT2D eigenvalue weighted by atomic mass is 19.4. The molecule has 3 nitrogen and oxygen atoms in total. The fraction of sp³-hybridized carbons (Fsp3) is 0.850. The molecule has 0 aliphatic heterocycles. The van der Waals surface area contributed by atoms with Crippen LogP contribution in [0.5, 0.6) is 0 Å². The van der Waals surface area contributed by atoms with Gasteiger partial charge in [0.05, 0.1) is 18.8 Å². The molecule has 0 spiro atoms. The number of ether oxygens (including phenoxy) is 1. The van der Waals surface area contributed by atoms with E-state index in [1.807, 2.05) is 0 Å². The maximum Gasteiger partial charge on any atom is 0.384 e. The zero-order chi connectivity index (χ0) is 27.9. The van der Waals surface area contributed by atoms with E-state index in [9.17, 15) is 57.5 Å². The molecule has 0 unspecified atom stereocenters. The van der Waals surface area contributed by atoms with Crippen LogP contribution in [0.3, 0.4) is 0 Å². The molecule has 1 N–H and O–H groups in total. The standard InChI is InChI=1S/C20H26F12O3/c1-3-4-6-9-15(21,22)17(25,26)19(29,30)20(31,32)18(27,28)16(23,24)10-7-5-8-11-35-14(34)13(2)12-33/h33H,2-12H2,1H3. The summed E-state index contributed by atoms with van der Waals surface area (Å²) in [5.41, 5.74) is -0.368. The lowest BCUT2D eigenvalue weighted by Gasteiger charge is -2.41. The Labute approximate surface area is 193 Å². The molecule has 0 radical (unpaired) electrons. The Morgan fingerprint density at radius 2 is 1.09 bits per heavy atom. The first-order valence-corrected chi connectivity index (χ1v) is 10.4. The van der Waals surface area contributed by atoms with Crippen molar-refractivity contribution in [2.45, 2.75) is 93.8 Å². The molecule has 0 aromatic carbocycles. The molecule has 0 aliphatic carbocycles.